The summed E-state index contributed by atoms with van der Waals surface area (Å²) >= 11 is 0. The molecule has 0 unspecified atom stereocenters. The molecule has 2 aliphatic heterocycles. The Morgan fingerprint density at radius 1 is 1.27 bits per heavy atom. The molecule has 0 bridgehead atoms. The van der Waals surface area contributed by atoms with Crippen LogP contribution in [0.1, 0.15) is 61.1 Å². The molecule has 1 aromatic rings. The summed E-state index contributed by atoms with van der Waals surface area (Å²) in [7, 11) is 1.43. The summed E-state index contributed by atoms with van der Waals surface area (Å²) in [6.45, 7) is 5.16. The van der Waals surface area contributed by atoms with E-state index in [-0.39, 0.29) is 23.6 Å². The number of nitrogens with one attached hydrogen (secondary N) is 1. The predicted octanol–water partition coefficient (Wildman–Crippen LogP) is 3.54. The molecule has 0 aliphatic carbocycles. The average Bonchev–Trinajstić information content (AvgIpc) is 2.69. The fourth-order valence-electron chi connectivity index (χ4n) is 4.47. The quantitative estimate of drug-likeness (QED) is 0.813. The van der Waals surface area contributed by atoms with Crippen LogP contribution in [0.4, 0.5) is 4.39 Å². The van der Waals surface area contributed by atoms with Gasteiger partial charge in [-0.2, -0.15) is 0 Å². The molecule has 2 fully saturated rings. The van der Waals surface area contributed by atoms with Gasteiger partial charge in [0.1, 0.15) is 5.82 Å². The number of esters is 1. The molecular weight excluding hydrogens is 333 g/mol. The van der Waals surface area contributed by atoms with Crippen LogP contribution < -0.4 is 5.32 Å². The summed E-state index contributed by atoms with van der Waals surface area (Å²) in [5.41, 5.74) is 2.50. The molecule has 5 heteroatoms. The van der Waals surface area contributed by atoms with Crippen molar-refractivity contribution in [1.82, 2.24) is 5.32 Å². The molecule has 1 aromatic carbocycles. The molecule has 26 heavy (non-hydrogen) atoms. The van der Waals surface area contributed by atoms with Crippen molar-refractivity contribution in [3.8, 4) is 0 Å². The van der Waals surface area contributed by atoms with Crippen LogP contribution in [0.25, 0.3) is 0 Å². The van der Waals surface area contributed by atoms with Gasteiger partial charge in [-0.15, -0.1) is 0 Å². The Hall–Kier alpha value is -1.46. The van der Waals surface area contributed by atoms with Crippen LogP contribution in [0.15, 0.2) is 12.1 Å². The van der Waals surface area contributed by atoms with Gasteiger partial charge in [-0.3, -0.25) is 4.79 Å². The van der Waals surface area contributed by atoms with E-state index in [9.17, 15) is 9.18 Å². The number of rotatable bonds is 5. The number of carbonyl (C=O) groups excluding carboxylic acids is 1. The molecule has 2 heterocycles. The number of benzene rings is 1. The van der Waals surface area contributed by atoms with Gasteiger partial charge in [-0.25, -0.2) is 4.39 Å². The molecule has 0 radical (unpaired) electrons. The lowest BCUT2D eigenvalue weighted by Crippen LogP contribution is -2.34. The third kappa shape index (κ3) is 4.09. The molecule has 2 aliphatic rings. The van der Waals surface area contributed by atoms with E-state index in [4.69, 9.17) is 9.47 Å². The molecule has 1 atom stereocenters. The van der Waals surface area contributed by atoms with E-state index in [1.807, 2.05) is 6.92 Å². The molecular formula is C21H30FNO3. The molecule has 0 aromatic heterocycles. The molecule has 0 spiro atoms. The van der Waals surface area contributed by atoms with Crippen molar-refractivity contribution in [3.63, 3.8) is 0 Å². The molecule has 0 saturated carbocycles. The Balaban J connectivity index is 2.02. The van der Waals surface area contributed by atoms with E-state index in [1.165, 1.54) is 7.11 Å². The summed E-state index contributed by atoms with van der Waals surface area (Å²) in [6.07, 6.45) is 4.20. The van der Waals surface area contributed by atoms with Gasteiger partial charge in [0.05, 0.1) is 13.0 Å². The first kappa shape index (κ1) is 19.3. The van der Waals surface area contributed by atoms with Crippen LogP contribution in [0.5, 0.6) is 0 Å². The number of hydrogen-bond acceptors (Lipinski definition) is 4. The maximum absolute atomic E-state index is 15.0. The van der Waals surface area contributed by atoms with Gasteiger partial charge in [0.15, 0.2) is 0 Å². The van der Waals surface area contributed by atoms with Crippen molar-refractivity contribution in [1.29, 1.82) is 0 Å². The Bertz CT molecular complexity index is 622. The number of hydrogen-bond donors (Lipinski definition) is 1. The Morgan fingerprint density at radius 2 is 1.96 bits per heavy atom. The summed E-state index contributed by atoms with van der Waals surface area (Å²) < 4.78 is 25.6. The molecule has 3 rings (SSSR count). The molecule has 4 nitrogen and oxygen atoms in total. The first-order valence-corrected chi connectivity index (χ1v) is 9.84. The summed E-state index contributed by atoms with van der Waals surface area (Å²) in [6, 6.07) is 3.76. The monoisotopic (exact) mass is 363 g/mol. The minimum absolute atomic E-state index is 0.186. The average molecular weight is 363 g/mol. The number of piperidine rings is 1. The predicted molar refractivity (Wildman–Crippen MR) is 98.9 cm³/mol. The highest BCUT2D eigenvalue weighted by Gasteiger charge is 2.34. The van der Waals surface area contributed by atoms with Crippen molar-refractivity contribution in [2.24, 2.45) is 5.92 Å². The lowest BCUT2D eigenvalue weighted by Gasteiger charge is -2.31. The lowest BCUT2D eigenvalue weighted by atomic mass is 9.76. The molecule has 2 saturated heterocycles. The fraction of sp³-hybridized carbons (Fsp3) is 0.667. The highest BCUT2D eigenvalue weighted by atomic mass is 19.1. The first-order valence-electron chi connectivity index (χ1n) is 9.84. The van der Waals surface area contributed by atoms with Crippen molar-refractivity contribution in [3.05, 3.63) is 34.6 Å². The molecule has 1 N–H and O–H groups in total. The van der Waals surface area contributed by atoms with E-state index in [0.717, 1.165) is 49.9 Å². The SMILES string of the molecule is CCc1c(F)cc(C2CCOCC2)cc1[C@@H](C(=O)OC)C1CCNCC1. The van der Waals surface area contributed by atoms with E-state index in [1.54, 1.807) is 6.07 Å². The van der Waals surface area contributed by atoms with Gasteiger partial charge in [0.25, 0.3) is 0 Å². The van der Waals surface area contributed by atoms with E-state index in [0.29, 0.717) is 31.1 Å². The Labute approximate surface area is 155 Å². The lowest BCUT2D eigenvalue weighted by molar-refractivity contribution is -0.144. The van der Waals surface area contributed by atoms with Crippen LogP contribution in [0, 0.1) is 11.7 Å². The summed E-state index contributed by atoms with van der Waals surface area (Å²) in [5, 5.41) is 3.34. The Morgan fingerprint density at radius 3 is 2.58 bits per heavy atom. The second-order valence-electron chi connectivity index (χ2n) is 7.40. The van der Waals surface area contributed by atoms with Crippen LogP contribution in [0.2, 0.25) is 0 Å². The fourth-order valence-corrected chi connectivity index (χ4v) is 4.47. The van der Waals surface area contributed by atoms with Gasteiger partial charge in [0, 0.05) is 13.2 Å². The number of ether oxygens (including phenoxy) is 2. The van der Waals surface area contributed by atoms with Crippen molar-refractivity contribution in [2.75, 3.05) is 33.4 Å². The zero-order chi connectivity index (χ0) is 18.5. The van der Waals surface area contributed by atoms with Gasteiger partial charge in [-0.1, -0.05) is 13.0 Å². The van der Waals surface area contributed by atoms with Gasteiger partial charge in [-0.05, 0) is 79.8 Å². The topological polar surface area (TPSA) is 47.6 Å². The van der Waals surface area contributed by atoms with Crippen molar-refractivity contribution >= 4 is 5.97 Å². The number of carbonyl (C=O) groups is 1. The normalized spacial score (nSPS) is 20.7. The third-order valence-electron chi connectivity index (χ3n) is 5.94. The summed E-state index contributed by atoms with van der Waals surface area (Å²) in [5.74, 6) is -0.316. The largest absolute Gasteiger partial charge is 0.469 e. The summed E-state index contributed by atoms with van der Waals surface area (Å²) in [4.78, 5) is 12.7. The van der Waals surface area contributed by atoms with Crippen LogP contribution >= 0.6 is 0 Å². The third-order valence-corrected chi connectivity index (χ3v) is 5.94. The second-order valence-corrected chi connectivity index (χ2v) is 7.40. The van der Waals surface area contributed by atoms with Gasteiger partial charge in [0.2, 0.25) is 0 Å². The minimum atomic E-state index is -0.383. The zero-order valence-corrected chi connectivity index (χ0v) is 15.9. The maximum Gasteiger partial charge on any atom is 0.313 e. The van der Waals surface area contributed by atoms with Crippen LogP contribution in [0.3, 0.4) is 0 Å². The minimum Gasteiger partial charge on any atom is -0.469 e. The van der Waals surface area contributed by atoms with Gasteiger partial charge >= 0.3 is 5.97 Å². The van der Waals surface area contributed by atoms with Crippen LogP contribution in [-0.4, -0.2) is 39.4 Å². The highest BCUT2D eigenvalue weighted by Crippen LogP contribution is 2.38. The molecule has 0 amide bonds. The van der Waals surface area contributed by atoms with E-state index in [2.05, 4.69) is 11.4 Å². The number of methoxy groups -OCH3 is 1. The van der Waals surface area contributed by atoms with Crippen molar-refractivity contribution < 1.29 is 18.7 Å². The maximum atomic E-state index is 15.0. The molecule has 144 valence electrons. The second kappa shape index (κ2) is 8.96. The Kier molecular flexibility index (Phi) is 6.65. The van der Waals surface area contributed by atoms with Crippen molar-refractivity contribution in [2.45, 2.75) is 50.9 Å². The van der Waals surface area contributed by atoms with E-state index >= 15 is 0 Å². The zero-order valence-electron chi connectivity index (χ0n) is 15.9. The highest BCUT2D eigenvalue weighted by molar-refractivity contribution is 5.79. The van der Waals surface area contributed by atoms with E-state index < -0.39 is 0 Å². The van der Waals surface area contributed by atoms with Gasteiger partial charge < -0.3 is 14.8 Å². The smallest absolute Gasteiger partial charge is 0.313 e. The number of halogens is 1. The standard InChI is InChI=1S/C21H30FNO3/c1-3-17-18(20(21(24)25-2)15-4-8-23-9-5-15)12-16(13-19(17)22)14-6-10-26-11-7-14/h12-15,20,23H,3-11H2,1-2H3/t20-/m0/s1. The van der Waals surface area contributed by atoms with Crippen LogP contribution in [-0.2, 0) is 20.7 Å². The first-order chi connectivity index (χ1) is 12.7.